The van der Waals surface area contributed by atoms with Crippen LogP contribution in [0.3, 0.4) is 0 Å². The summed E-state index contributed by atoms with van der Waals surface area (Å²) in [6.07, 6.45) is 4.84. The number of aromatic nitrogens is 3. The number of fused-ring (bicyclic) bond motifs is 1. The fraction of sp³-hybridized carbons (Fsp3) is 0.381. The first-order valence-corrected chi connectivity index (χ1v) is 9.66. The molecule has 0 aliphatic heterocycles. The average molecular weight is 379 g/mol. The molecule has 0 fully saturated rings. The third-order valence-electron chi connectivity index (χ3n) is 5.35. The molecule has 146 valence electrons. The summed E-state index contributed by atoms with van der Waals surface area (Å²) in [5.41, 5.74) is 5.29. The first-order valence-electron chi connectivity index (χ1n) is 9.66. The number of nitrogens with one attached hydrogen (secondary N) is 2. The van der Waals surface area contributed by atoms with Crippen LogP contribution in [0.2, 0.25) is 0 Å². The fourth-order valence-electron chi connectivity index (χ4n) is 3.79. The lowest BCUT2D eigenvalue weighted by Crippen LogP contribution is -2.38. The highest BCUT2D eigenvalue weighted by atomic mass is 16.5. The average Bonchev–Trinajstić information content (AvgIpc) is 3.25. The van der Waals surface area contributed by atoms with E-state index >= 15 is 0 Å². The molecule has 4 rings (SSSR count). The zero-order chi connectivity index (χ0) is 19.5. The summed E-state index contributed by atoms with van der Waals surface area (Å²) < 4.78 is 7.20. The lowest BCUT2D eigenvalue weighted by atomic mass is 9.93. The summed E-state index contributed by atoms with van der Waals surface area (Å²) >= 11 is 0. The quantitative estimate of drug-likeness (QED) is 0.711. The standard InChI is InChI=1S/C21H25N5O2/c1-14-17(15(2)28-25-14)11-22-21(27)24-19-9-6-10-20-18(19)12-23-26(20)13-16-7-4-3-5-8-16/h3-5,7-8,12,19H,6,9-11,13H2,1-2H3,(H2,22,24,27). The highest BCUT2D eigenvalue weighted by molar-refractivity contribution is 5.74. The molecule has 1 aliphatic rings. The van der Waals surface area contributed by atoms with Gasteiger partial charge in [-0.2, -0.15) is 5.10 Å². The number of hydrogen-bond donors (Lipinski definition) is 2. The van der Waals surface area contributed by atoms with Gasteiger partial charge in [-0.15, -0.1) is 0 Å². The van der Waals surface area contributed by atoms with Gasteiger partial charge in [0, 0.05) is 23.4 Å². The summed E-state index contributed by atoms with van der Waals surface area (Å²) in [5, 5.41) is 14.5. The number of benzene rings is 1. The molecular weight excluding hydrogens is 354 g/mol. The summed E-state index contributed by atoms with van der Waals surface area (Å²) in [6.45, 7) is 4.88. The lowest BCUT2D eigenvalue weighted by Gasteiger charge is -2.24. The van der Waals surface area contributed by atoms with Crippen LogP contribution in [0.1, 0.15) is 52.7 Å². The van der Waals surface area contributed by atoms with Crippen molar-refractivity contribution in [2.45, 2.75) is 52.2 Å². The Bertz CT molecular complexity index is 941. The fourth-order valence-corrected chi connectivity index (χ4v) is 3.79. The van der Waals surface area contributed by atoms with Crippen molar-refractivity contribution < 1.29 is 9.32 Å². The van der Waals surface area contributed by atoms with E-state index in [4.69, 9.17) is 4.52 Å². The molecule has 1 aliphatic carbocycles. The van der Waals surface area contributed by atoms with Gasteiger partial charge in [0.25, 0.3) is 0 Å². The molecule has 0 saturated carbocycles. The molecular formula is C21H25N5O2. The van der Waals surface area contributed by atoms with Crippen molar-refractivity contribution in [3.8, 4) is 0 Å². The van der Waals surface area contributed by atoms with Gasteiger partial charge in [-0.05, 0) is 38.7 Å². The SMILES string of the molecule is Cc1noc(C)c1CNC(=O)NC1CCCc2c1cnn2Cc1ccccc1. The summed E-state index contributed by atoms with van der Waals surface area (Å²) in [4.78, 5) is 12.4. The molecule has 0 saturated heterocycles. The normalized spacial score (nSPS) is 15.9. The van der Waals surface area contributed by atoms with Gasteiger partial charge >= 0.3 is 6.03 Å². The van der Waals surface area contributed by atoms with E-state index in [-0.39, 0.29) is 12.1 Å². The summed E-state index contributed by atoms with van der Waals surface area (Å²) in [5.74, 6) is 0.736. The number of hydrogen-bond acceptors (Lipinski definition) is 4. The number of nitrogens with zero attached hydrogens (tertiary/aromatic N) is 3. The van der Waals surface area contributed by atoms with Crippen LogP contribution in [0.5, 0.6) is 0 Å². The van der Waals surface area contributed by atoms with Crippen LogP contribution in [-0.2, 0) is 19.5 Å². The van der Waals surface area contributed by atoms with Crippen molar-refractivity contribution in [3.63, 3.8) is 0 Å². The lowest BCUT2D eigenvalue weighted by molar-refractivity contribution is 0.235. The van der Waals surface area contributed by atoms with Crippen LogP contribution < -0.4 is 10.6 Å². The van der Waals surface area contributed by atoms with Crippen molar-refractivity contribution in [1.29, 1.82) is 0 Å². The van der Waals surface area contributed by atoms with E-state index < -0.39 is 0 Å². The first-order chi connectivity index (χ1) is 13.6. The van der Waals surface area contributed by atoms with Gasteiger partial charge in [0.2, 0.25) is 0 Å². The highest BCUT2D eigenvalue weighted by Crippen LogP contribution is 2.30. The molecule has 2 aromatic heterocycles. The molecule has 2 amide bonds. The third-order valence-corrected chi connectivity index (χ3v) is 5.35. The van der Waals surface area contributed by atoms with Gasteiger partial charge in [-0.25, -0.2) is 4.79 Å². The predicted molar refractivity (Wildman–Crippen MR) is 105 cm³/mol. The van der Waals surface area contributed by atoms with Gasteiger partial charge in [-0.1, -0.05) is 35.5 Å². The molecule has 0 bridgehead atoms. The maximum atomic E-state index is 12.4. The van der Waals surface area contributed by atoms with Crippen LogP contribution in [-0.4, -0.2) is 21.0 Å². The smallest absolute Gasteiger partial charge is 0.315 e. The van der Waals surface area contributed by atoms with E-state index in [1.807, 2.05) is 38.2 Å². The molecule has 1 unspecified atom stereocenters. The van der Waals surface area contributed by atoms with Gasteiger partial charge in [-0.3, -0.25) is 4.68 Å². The van der Waals surface area contributed by atoms with Crippen LogP contribution in [0.4, 0.5) is 4.79 Å². The van der Waals surface area contributed by atoms with Crippen LogP contribution in [0.25, 0.3) is 0 Å². The number of amides is 2. The topological polar surface area (TPSA) is 85.0 Å². The minimum Gasteiger partial charge on any atom is -0.361 e. The Balaban J connectivity index is 1.41. The second kappa shape index (κ2) is 7.88. The molecule has 1 atom stereocenters. The first kappa shape index (κ1) is 18.3. The zero-order valence-electron chi connectivity index (χ0n) is 16.2. The zero-order valence-corrected chi connectivity index (χ0v) is 16.2. The van der Waals surface area contributed by atoms with E-state index in [9.17, 15) is 4.79 Å². The van der Waals surface area contributed by atoms with Gasteiger partial charge in [0.05, 0.1) is 24.5 Å². The minimum atomic E-state index is -0.186. The number of rotatable bonds is 5. The Morgan fingerprint density at radius 3 is 2.86 bits per heavy atom. The molecule has 2 N–H and O–H groups in total. The van der Waals surface area contributed by atoms with Crippen LogP contribution >= 0.6 is 0 Å². The highest BCUT2D eigenvalue weighted by Gasteiger charge is 2.25. The predicted octanol–water partition coefficient (Wildman–Crippen LogP) is 3.41. The Hall–Kier alpha value is -3.09. The van der Waals surface area contributed by atoms with E-state index in [2.05, 4.69) is 37.7 Å². The van der Waals surface area contributed by atoms with E-state index in [1.165, 1.54) is 11.3 Å². The van der Waals surface area contributed by atoms with Gasteiger partial charge in [0.15, 0.2) is 0 Å². The maximum absolute atomic E-state index is 12.4. The molecule has 7 heteroatoms. The molecule has 1 aromatic carbocycles. The summed E-state index contributed by atoms with van der Waals surface area (Å²) in [6, 6.07) is 10.1. The number of carbonyl (C=O) groups excluding carboxylic acids is 1. The molecule has 0 spiro atoms. The van der Waals surface area contributed by atoms with Crippen LogP contribution in [0, 0.1) is 13.8 Å². The van der Waals surface area contributed by atoms with Gasteiger partial charge < -0.3 is 15.2 Å². The maximum Gasteiger partial charge on any atom is 0.315 e. The number of aryl methyl sites for hydroxylation is 2. The van der Waals surface area contributed by atoms with E-state index in [1.54, 1.807) is 0 Å². The van der Waals surface area contributed by atoms with Crippen molar-refractivity contribution >= 4 is 6.03 Å². The Morgan fingerprint density at radius 1 is 1.29 bits per heavy atom. The molecule has 0 radical (unpaired) electrons. The molecule has 28 heavy (non-hydrogen) atoms. The summed E-state index contributed by atoms with van der Waals surface area (Å²) in [7, 11) is 0. The molecule has 2 heterocycles. The number of urea groups is 1. The van der Waals surface area contributed by atoms with Crippen molar-refractivity contribution in [3.05, 3.63) is 70.4 Å². The van der Waals surface area contributed by atoms with Crippen LogP contribution in [0.15, 0.2) is 41.1 Å². The second-order valence-electron chi connectivity index (χ2n) is 7.26. The molecule has 7 nitrogen and oxygen atoms in total. The van der Waals surface area contributed by atoms with Crippen molar-refractivity contribution in [2.24, 2.45) is 0 Å². The largest absolute Gasteiger partial charge is 0.361 e. The Labute approximate surface area is 164 Å². The Kier molecular flexibility index (Phi) is 5.14. The second-order valence-corrected chi connectivity index (χ2v) is 7.26. The van der Waals surface area contributed by atoms with E-state index in [0.717, 1.165) is 48.4 Å². The van der Waals surface area contributed by atoms with Gasteiger partial charge in [0.1, 0.15) is 5.76 Å². The van der Waals surface area contributed by atoms with E-state index in [0.29, 0.717) is 6.54 Å². The monoisotopic (exact) mass is 379 g/mol. The third kappa shape index (κ3) is 3.78. The molecule has 3 aromatic rings. The number of carbonyl (C=O) groups is 1. The Morgan fingerprint density at radius 2 is 2.11 bits per heavy atom. The minimum absolute atomic E-state index is 0.0158. The van der Waals surface area contributed by atoms with Crippen molar-refractivity contribution in [1.82, 2.24) is 25.6 Å². The van der Waals surface area contributed by atoms with Crippen molar-refractivity contribution in [2.75, 3.05) is 0 Å².